The van der Waals surface area contributed by atoms with Crippen molar-refractivity contribution in [2.75, 3.05) is 19.8 Å². The van der Waals surface area contributed by atoms with E-state index < -0.39 is 5.54 Å². The third-order valence-electron chi connectivity index (χ3n) is 4.52. The van der Waals surface area contributed by atoms with Gasteiger partial charge in [0.15, 0.2) is 11.6 Å². The van der Waals surface area contributed by atoms with E-state index in [0.717, 1.165) is 29.5 Å². The van der Waals surface area contributed by atoms with E-state index in [4.69, 9.17) is 10.5 Å². The lowest BCUT2D eigenvalue weighted by Crippen LogP contribution is -2.47. The number of halogens is 2. The van der Waals surface area contributed by atoms with Gasteiger partial charge in [0.25, 0.3) is 0 Å². The minimum Gasteiger partial charge on any atom is -0.491 e. The normalized spacial score (nSPS) is 11.1. The lowest BCUT2D eigenvalue weighted by atomic mass is 9.93. The first-order valence-corrected chi connectivity index (χ1v) is 9.03. The molecular formula is C21H29ClFNO3. The van der Waals surface area contributed by atoms with Crippen molar-refractivity contribution >= 4 is 12.4 Å². The van der Waals surface area contributed by atoms with Gasteiger partial charge in [-0.1, -0.05) is 43.7 Å². The Labute approximate surface area is 166 Å². The first-order valence-electron chi connectivity index (χ1n) is 9.03. The molecule has 0 aromatic heterocycles. The summed E-state index contributed by atoms with van der Waals surface area (Å²) in [5.74, 6) is -0.0763. The molecule has 4 nitrogen and oxygen atoms in total. The lowest BCUT2D eigenvalue weighted by Gasteiger charge is -2.24. The van der Waals surface area contributed by atoms with Gasteiger partial charge >= 0.3 is 0 Å². The minimum atomic E-state index is -0.963. The second-order valence-corrected chi connectivity index (χ2v) is 6.72. The zero-order valence-electron chi connectivity index (χ0n) is 15.7. The van der Waals surface area contributed by atoms with Crippen LogP contribution in [0.4, 0.5) is 4.39 Å². The molecule has 0 unspecified atom stereocenters. The summed E-state index contributed by atoms with van der Waals surface area (Å²) in [5, 5.41) is 18.5. The maximum Gasteiger partial charge on any atom is 0.165 e. The molecule has 0 amide bonds. The van der Waals surface area contributed by atoms with Gasteiger partial charge in [0.2, 0.25) is 0 Å². The molecule has 6 heteroatoms. The SMILES string of the molecule is CCCCOc1ccc(-c2ccc(CCC(N)(CO)CO)cc2)cc1F.Cl. The molecule has 0 radical (unpaired) electrons. The van der Waals surface area contributed by atoms with Crippen molar-refractivity contribution in [2.24, 2.45) is 5.73 Å². The number of unbranched alkanes of at least 4 members (excludes halogenated alkanes) is 1. The van der Waals surface area contributed by atoms with E-state index in [0.29, 0.717) is 19.4 Å². The largest absolute Gasteiger partial charge is 0.491 e. The Hall–Kier alpha value is -1.66. The molecule has 2 aromatic carbocycles. The molecule has 0 fully saturated rings. The van der Waals surface area contributed by atoms with E-state index in [1.807, 2.05) is 30.3 Å². The molecule has 0 aliphatic heterocycles. The Morgan fingerprint density at radius 1 is 1.04 bits per heavy atom. The number of rotatable bonds is 10. The zero-order chi connectivity index (χ0) is 19.0. The quantitative estimate of drug-likeness (QED) is 0.534. The van der Waals surface area contributed by atoms with Gasteiger partial charge in [-0.2, -0.15) is 0 Å². The van der Waals surface area contributed by atoms with E-state index in [-0.39, 0.29) is 37.2 Å². The van der Waals surface area contributed by atoms with Crippen LogP contribution in [-0.2, 0) is 6.42 Å². The molecule has 0 aliphatic carbocycles. The fourth-order valence-corrected chi connectivity index (χ4v) is 2.59. The molecule has 0 atom stereocenters. The number of ether oxygens (including phenoxy) is 1. The lowest BCUT2D eigenvalue weighted by molar-refractivity contribution is 0.115. The fraction of sp³-hybridized carbons (Fsp3) is 0.429. The van der Waals surface area contributed by atoms with Crippen molar-refractivity contribution in [1.82, 2.24) is 0 Å². The van der Waals surface area contributed by atoms with Crippen LogP contribution in [-0.4, -0.2) is 35.6 Å². The first kappa shape index (κ1) is 23.4. The average Bonchev–Trinajstić information content (AvgIpc) is 2.68. The molecule has 4 N–H and O–H groups in total. The molecule has 27 heavy (non-hydrogen) atoms. The van der Waals surface area contributed by atoms with E-state index in [1.54, 1.807) is 6.07 Å². The van der Waals surface area contributed by atoms with Crippen LogP contribution >= 0.6 is 12.4 Å². The second-order valence-electron chi connectivity index (χ2n) is 6.72. The van der Waals surface area contributed by atoms with Crippen LogP contribution in [0.2, 0.25) is 0 Å². The van der Waals surface area contributed by atoms with Gasteiger partial charge in [-0.05, 0) is 48.1 Å². The van der Waals surface area contributed by atoms with Gasteiger partial charge in [-0.3, -0.25) is 0 Å². The second kappa shape index (κ2) is 11.2. The van der Waals surface area contributed by atoms with Gasteiger partial charge in [0, 0.05) is 0 Å². The van der Waals surface area contributed by atoms with E-state index in [1.165, 1.54) is 6.07 Å². The van der Waals surface area contributed by atoms with Crippen molar-refractivity contribution in [1.29, 1.82) is 0 Å². The molecule has 0 saturated heterocycles. The first-order chi connectivity index (χ1) is 12.5. The third kappa shape index (κ3) is 6.78. The topological polar surface area (TPSA) is 75.7 Å². The van der Waals surface area contributed by atoms with Crippen molar-refractivity contribution in [3.05, 3.63) is 53.8 Å². The Morgan fingerprint density at radius 3 is 2.22 bits per heavy atom. The fourth-order valence-electron chi connectivity index (χ4n) is 2.59. The van der Waals surface area contributed by atoms with Gasteiger partial charge in [0.1, 0.15) is 0 Å². The number of hydrogen-bond donors (Lipinski definition) is 3. The smallest absolute Gasteiger partial charge is 0.165 e. The van der Waals surface area contributed by atoms with Gasteiger partial charge in [-0.25, -0.2) is 4.39 Å². The molecule has 0 aliphatic rings. The number of benzene rings is 2. The summed E-state index contributed by atoms with van der Waals surface area (Å²) in [6.07, 6.45) is 3.04. The maximum absolute atomic E-state index is 14.2. The van der Waals surface area contributed by atoms with Crippen LogP contribution in [0, 0.1) is 5.82 Å². The van der Waals surface area contributed by atoms with Crippen LogP contribution in [0.1, 0.15) is 31.7 Å². The van der Waals surface area contributed by atoms with Gasteiger partial charge < -0.3 is 20.7 Å². The number of aryl methyl sites for hydroxylation is 1. The van der Waals surface area contributed by atoms with Gasteiger partial charge in [0.05, 0.1) is 25.4 Å². The van der Waals surface area contributed by atoms with Crippen LogP contribution < -0.4 is 10.5 Å². The molecule has 0 saturated carbocycles. The Kier molecular flexibility index (Phi) is 9.74. The predicted molar refractivity (Wildman–Crippen MR) is 109 cm³/mol. The highest BCUT2D eigenvalue weighted by atomic mass is 35.5. The van der Waals surface area contributed by atoms with Crippen molar-refractivity contribution in [3.8, 4) is 16.9 Å². The van der Waals surface area contributed by atoms with Crippen molar-refractivity contribution in [3.63, 3.8) is 0 Å². The van der Waals surface area contributed by atoms with Crippen LogP contribution in [0.5, 0.6) is 5.75 Å². The summed E-state index contributed by atoms with van der Waals surface area (Å²) in [6, 6.07) is 12.8. The maximum atomic E-state index is 14.2. The van der Waals surface area contributed by atoms with Crippen molar-refractivity contribution < 1.29 is 19.3 Å². The summed E-state index contributed by atoms with van der Waals surface area (Å²) in [5.41, 5.74) is 7.67. The third-order valence-corrected chi connectivity index (χ3v) is 4.52. The summed E-state index contributed by atoms with van der Waals surface area (Å²) >= 11 is 0. The highest BCUT2D eigenvalue weighted by molar-refractivity contribution is 5.85. The molecular weight excluding hydrogens is 369 g/mol. The monoisotopic (exact) mass is 397 g/mol. The molecule has 0 bridgehead atoms. The molecule has 2 rings (SSSR count). The predicted octanol–water partition coefficient (Wildman–Crippen LogP) is 3.71. The summed E-state index contributed by atoms with van der Waals surface area (Å²) in [7, 11) is 0. The van der Waals surface area contributed by atoms with Crippen LogP contribution in [0.3, 0.4) is 0 Å². The Bertz CT molecular complexity index is 690. The standard InChI is InChI=1S/C21H28FNO3.ClH/c1-2-3-12-26-20-9-8-18(13-19(20)22)17-6-4-16(5-7-17)10-11-21(23,14-24)15-25;/h4-9,13,24-25H,2-3,10-12,14-15,23H2,1H3;1H. The minimum absolute atomic E-state index is 0. The van der Waals surface area contributed by atoms with Crippen LogP contribution in [0.25, 0.3) is 11.1 Å². The summed E-state index contributed by atoms with van der Waals surface area (Å²) < 4.78 is 19.6. The van der Waals surface area contributed by atoms with Crippen molar-refractivity contribution in [2.45, 2.75) is 38.1 Å². The Morgan fingerprint density at radius 2 is 1.67 bits per heavy atom. The Balaban J connectivity index is 0.00000364. The molecule has 0 heterocycles. The summed E-state index contributed by atoms with van der Waals surface area (Å²) in [4.78, 5) is 0. The number of nitrogens with two attached hydrogens (primary N) is 1. The zero-order valence-corrected chi connectivity index (χ0v) is 16.5. The average molecular weight is 398 g/mol. The van der Waals surface area contributed by atoms with Crippen LogP contribution in [0.15, 0.2) is 42.5 Å². The highest BCUT2D eigenvalue weighted by Gasteiger charge is 2.22. The van der Waals surface area contributed by atoms with E-state index >= 15 is 0 Å². The summed E-state index contributed by atoms with van der Waals surface area (Å²) in [6.45, 7) is 2.07. The number of hydrogen-bond acceptors (Lipinski definition) is 4. The van der Waals surface area contributed by atoms with E-state index in [9.17, 15) is 14.6 Å². The number of aliphatic hydroxyl groups is 2. The van der Waals surface area contributed by atoms with Gasteiger partial charge in [-0.15, -0.1) is 12.4 Å². The van der Waals surface area contributed by atoms with E-state index in [2.05, 4.69) is 6.92 Å². The molecule has 2 aromatic rings. The highest BCUT2D eigenvalue weighted by Crippen LogP contribution is 2.26. The molecule has 0 spiro atoms. The molecule has 150 valence electrons. The number of aliphatic hydroxyl groups excluding tert-OH is 2.